The molecule has 3 N–H and O–H groups in total. The van der Waals surface area contributed by atoms with Crippen LogP contribution in [0.2, 0.25) is 0 Å². The van der Waals surface area contributed by atoms with Gasteiger partial charge < -0.3 is 15.8 Å². The molecule has 2 rings (SSSR count). The number of nitrogens with two attached hydrogens (primary N) is 1. The summed E-state index contributed by atoms with van der Waals surface area (Å²) in [4.78, 5) is 11.7. The SMILES string of the molecule is CC1CC(Nc2cccc(F)c2)(C(N)=O)CCO1. The van der Waals surface area contributed by atoms with Gasteiger partial charge in [-0.3, -0.25) is 4.79 Å². The summed E-state index contributed by atoms with van der Waals surface area (Å²) in [6.45, 7) is 2.36. The molecule has 0 bridgehead atoms. The Bertz CT molecular complexity index is 452. The van der Waals surface area contributed by atoms with Crippen molar-refractivity contribution in [2.45, 2.75) is 31.4 Å². The summed E-state index contributed by atoms with van der Waals surface area (Å²) in [6, 6.07) is 6.02. The second kappa shape index (κ2) is 4.94. The number of rotatable bonds is 3. The van der Waals surface area contributed by atoms with E-state index in [0.29, 0.717) is 25.1 Å². The minimum atomic E-state index is -0.856. The van der Waals surface area contributed by atoms with Gasteiger partial charge in [0.15, 0.2) is 0 Å². The van der Waals surface area contributed by atoms with Gasteiger partial charge >= 0.3 is 0 Å². The van der Waals surface area contributed by atoms with E-state index in [1.165, 1.54) is 12.1 Å². The Morgan fingerprint density at radius 1 is 1.61 bits per heavy atom. The highest BCUT2D eigenvalue weighted by Crippen LogP contribution is 2.29. The first-order chi connectivity index (χ1) is 8.52. The van der Waals surface area contributed by atoms with Crippen molar-refractivity contribution in [1.29, 1.82) is 0 Å². The molecule has 4 nitrogen and oxygen atoms in total. The van der Waals surface area contributed by atoms with E-state index >= 15 is 0 Å². The number of anilines is 1. The average molecular weight is 252 g/mol. The summed E-state index contributed by atoms with van der Waals surface area (Å²) in [5, 5.41) is 3.07. The normalized spacial score (nSPS) is 27.8. The van der Waals surface area contributed by atoms with Gasteiger partial charge in [-0.15, -0.1) is 0 Å². The fourth-order valence-electron chi connectivity index (χ4n) is 2.33. The fraction of sp³-hybridized carbons (Fsp3) is 0.462. The lowest BCUT2D eigenvalue weighted by molar-refractivity contribution is -0.127. The molecular formula is C13H17FN2O2. The second-order valence-corrected chi connectivity index (χ2v) is 4.72. The highest BCUT2D eigenvalue weighted by molar-refractivity contribution is 5.88. The van der Waals surface area contributed by atoms with E-state index in [9.17, 15) is 9.18 Å². The van der Waals surface area contributed by atoms with E-state index in [-0.39, 0.29) is 11.9 Å². The number of benzene rings is 1. The predicted octanol–water partition coefficient (Wildman–Crippen LogP) is 1.66. The molecule has 0 aliphatic carbocycles. The van der Waals surface area contributed by atoms with Crippen LogP contribution in [-0.2, 0) is 9.53 Å². The number of carbonyl (C=O) groups is 1. The van der Waals surface area contributed by atoms with Crippen molar-refractivity contribution < 1.29 is 13.9 Å². The van der Waals surface area contributed by atoms with E-state index in [2.05, 4.69) is 5.32 Å². The minimum Gasteiger partial charge on any atom is -0.378 e. The summed E-state index contributed by atoms with van der Waals surface area (Å²) < 4.78 is 18.6. The summed E-state index contributed by atoms with van der Waals surface area (Å²) in [5.74, 6) is -0.776. The van der Waals surface area contributed by atoms with Crippen LogP contribution in [0.1, 0.15) is 19.8 Å². The molecule has 0 aromatic heterocycles. The fourth-order valence-corrected chi connectivity index (χ4v) is 2.33. The van der Waals surface area contributed by atoms with E-state index in [1.807, 2.05) is 6.92 Å². The van der Waals surface area contributed by atoms with Gasteiger partial charge in [0.05, 0.1) is 6.10 Å². The van der Waals surface area contributed by atoms with Crippen LogP contribution in [0.3, 0.4) is 0 Å². The molecule has 2 unspecified atom stereocenters. The van der Waals surface area contributed by atoms with Crippen LogP contribution in [0.25, 0.3) is 0 Å². The first-order valence-electron chi connectivity index (χ1n) is 5.97. The van der Waals surface area contributed by atoms with Crippen molar-refractivity contribution in [3.8, 4) is 0 Å². The first kappa shape index (κ1) is 12.8. The van der Waals surface area contributed by atoms with Gasteiger partial charge in [0, 0.05) is 25.1 Å². The molecule has 1 aromatic carbocycles. The monoisotopic (exact) mass is 252 g/mol. The maximum Gasteiger partial charge on any atom is 0.243 e. The molecular weight excluding hydrogens is 235 g/mol. The maximum atomic E-state index is 13.1. The topological polar surface area (TPSA) is 64.3 Å². The largest absolute Gasteiger partial charge is 0.378 e. The van der Waals surface area contributed by atoms with Crippen LogP contribution in [0.5, 0.6) is 0 Å². The van der Waals surface area contributed by atoms with Gasteiger partial charge in [0.25, 0.3) is 0 Å². The van der Waals surface area contributed by atoms with Crippen molar-refractivity contribution in [3.63, 3.8) is 0 Å². The summed E-state index contributed by atoms with van der Waals surface area (Å²) in [7, 11) is 0. The minimum absolute atomic E-state index is 0.0488. The molecule has 5 heteroatoms. The second-order valence-electron chi connectivity index (χ2n) is 4.72. The average Bonchev–Trinajstić information content (AvgIpc) is 2.28. The number of nitrogens with one attached hydrogen (secondary N) is 1. The zero-order chi connectivity index (χ0) is 13.2. The van der Waals surface area contributed by atoms with Crippen molar-refractivity contribution in [3.05, 3.63) is 30.1 Å². The van der Waals surface area contributed by atoms with Crippen molar-refractivity contribution in [1.82, 2.24) is 0 Å². The summed E-state index contributed by atoms with van der Waals surface area (Å²) in [5.41, 5.74) is 5.20. The zero-order valence-corrected chi connectivity index (χ0v) is 10.3. The highest BCUT2D eigenvalue weighted by Gasteiger charge is 2.40. The molecule has 1 saturated heterocycles. The summed E-state index contributed by atoms with van der Waals surface area (Å²) >= 11 is 0. The van der Waals surface area contributed by atoms with Gasteiger partial charge in [-0.25, -0.2) is 4.39 Å². The third-order valence-electron chi connectivity index (χ3n) is 3.25. The van der Waals surface area contributed by atoms with Crippen molar-refractivity contribution in [2.75, 3.05) is 11.9 Å². The molecule has 1 fully saturated rings. The van der Waals surface area contributed by atoms with Gasteiger partial charge in [0.1, 0.15) is 11.4 Å². The smallest absolute Gasteiger partial charge is 0.243 e. The molecule has 0 saturated carbocycles. The maximum absolute atomic E-state index is 13.1. The molecule has 2 atom stereocenters. The number of ether oxygens (including phenoxy) is 1. The van der Waals surface area contributed by atoms with E-state index in [0.717, 1.165) is 0 Å². The number of carbonyl (C=O) groups excluding carboxylic acids is 1. The Kier molecular flexibility index (Phi) is 3.52. The quantitative estimate of drug-likeness (QED) is 0.860. The van der Waals surface area contributed by atoms with E-state index in [4.69, 9.17) is 10.5 Å². The molecule has 1 aliphatic heterocycles. The van der Waals surface area contributed by atoms with Crippen LogP contribution in [-0.4, -0.2) is 24.2 Å². The van der Waals surface area contributed by atoms with E-state index in [1.54, 1.807) is 12.1 Å². The number of halogens is 1. The van der Waals surface area contributed by atoms with Crippen LogP contribution in [0.4, 0.5) is 10.1 Å². The lowest BCUT2D eigenvalue weighted by Crippen LogP contribution is -2.55. The predicted molar refractivity (Wildman–Crippen MR) is 66.6 cm³/mol. The third kappa shape index (κ3) is 2.61. The number of primary amides is 1. The first-order valence-corrected chi connectivity index (χ1v) is 5.97. The van der Waals surface area contributed by atoms with Crippen LogP contribution >= 0.6 is 0 Å². The Hall–Kier alpha value is -1.62. The van der Waals surface area contributed by atoms with Crippen LogP contribution in [0, 0.1) is 5.82 Å². The van der Waals surface area contributed by atoms with Crippen LogP contribution < -0.4 is 11.1 Å². The van der Waals surface area contributed by atoms with Crippen molar-refractivity contribution >= 4 is 11.6 Å². The Balaban J connectivity index is 2.23. The van der Waals surface area contributed by atoms with Crippen LogP contribution in [0.15, 0.2) is 24.3 Å². The van der Waals surface area contributed by atoms with E-state index < -0.39 is 11.4 Å². The lowest BCUT2D eigenvalue weighted by Gasteiger charge is -2.38. The molecule has 18 heavy (non-hydrogen) atoms. The Morgan fingerprint density at radius 3 is 3.00 bits per heavy atom. The Labute approximate surface area is 105 Å². The number of hydrogen-bond acceptors (Lipinski definition) is 3. The molecule has 1 aliphatic rings. The van der Waals surface area contributed by atoms with Crippen molar-refractivity contribution in [2.24, 2.45) is 5.73 Å². The van der Waals surface area contributed by atoms with Gasteiger partial charge in [0.2, 0.25) is 5.91 Å². The molecule has 98 valence electrons. The molecule has 1 aromatic rings. The Morgan fingerprint density at radius 2 is 2.39 bits per heavy atom. The lowest BCUT2D eigenvalue weighted by atomic mass is 9.86. The molecule has 1 amide bonds. The highest BCUT2D eigenvalue weighted by atomic mass is 19.1. The number of hydrogen-bond donors (Lipinski definition) is 2. The van der Waals surface area contributed by atoms with Gasteiger partial charge in [-0.05, 0) is 25.1 Å². The molecule has 0 spiro atoms. The molecule has 0 radical (unpaired) electrons. The molecule has 1 heterocycles. The number of amides is 1. The van der Waals surface area contributed by atoms with Gasteiger partial charge in [-0.1, -0.05) is 6.07 Å². The summed E-state index contributed by atoms with van der Waals surface area (Å²) in [6.07, 6.45) is 0.925. The third-order valence-corrected chi connectivity index (χ3v) is 3.25. The standard InChI is InChI=1S/C13H17FN2O2/c1-9-8-13(12(15)17,5-6-18-9)16-11-4-2-3-10(14)7-11/h2-4,7,9,16H,5-6,8H2,1H3,(H2,15,17). The zero-order valence-electron chi connectivity index (χ0n) is 10.3. The van der Waals surface area contributed by atoms with Gasteiger partial charge in [-0.2, -0.15) is 0 Å².